The van der Waals surface area contributed by atoms with Gasteiger partial charge in [0.2, 0.25) is 0 Å². The van der Waals surface area contributed by atoms with Gasteiger partial charge in [-0.2, -0.15) is 0 Å². The monoisotopic (exact) mass is 346 g/mol. The summed E-state index contributed by atoms with van der Waals surface area (Å²) in [4.78, 5) is 27.0. The zero-order valence-corrected chi connectivity index (χ0v) is 14.7. The van der Waals surface area contributed by atoms with E-state index in [1.807, 2.05) is 0 Å². The standard InChI is InChI=1S/C18H22N2O5/c1-10-16(12(3)21)11(2)19-17(10)18(23)25-9-15(22)20-13-5-7-14(24-4)8-6-13/h5-8,12,19,21H,9H2,1-4H3,(H,20,22)/t12-/m1/s1. The van der Waals surface area contributed by atoms with Crippen molar-refractivity contribution in [2.45, 2.75) is 26.9 Å². The van der Waals surface area contributed by atoms with Crippen LogP contribution in [0.25, 0.3) is 0 Å². The van der Waals surface area contributed by atoms with Crippen LogP contribution in [-0.4, -0.2) is 35.7 Å². The molecule has 0 bridgehead atoms. The van der Waals surface area contributed by atoms with Gasteiger partial charge in [-0.3, -0.25) is 4.79 Å². The summed E-state index contributed by atoms with van der Waals surface area (Å²) in [6.45, 7) is 4.70. The molecule has 1 atom stereocenters. The fraction of sp³-hybridized carbons (Fsp3) is 0.333. The van der Waals surface area contributed by atoms with E-state index in [-0.39, 0.29) is 5.69 Å². The van der Waals surface area contributed by atoms with Gasteiger partial charge in [0.1, 0.15) is 11.4 Å². The summed E-state index contributed by atoms with van der Waals surface area (Å²) in [6.07, 6.45) is -0.698. The van der Waals surface area contributed by atoms with Crippen molar-refractivity contribution in [3.8, 4) is 5.75 Å². The first-order valence-corrected chi connectivity index (χ1v) is 7.81. The van der Waals surface area contributed by atoms with E-state index in [1.54, 1.807) is 52.1 Å². The number of anilines is 1. The molecular formula is C18H22N2O5. The third kappa shape index (κ3) is 4.39. The van der Waals surface area contributed by atoms with Gasteiger partial charge in [-0.15, -0.1) is 0 Å². The number of ether oxygens (including phenoxy) is 2. The van der Waals surface area contributed by atoms with Crippen LogP contribution >= 0.6 is 0 Å². The van der Waals surface area contributed by atoms with Crippen LogP contribution in [0.2, 0.25) is 0 Å². The lowest BCUT2D eigenvalue weighted by atomic mass is 10.1. The number of H-pyrrole nitrogens is 1. The predicted molar refractivity (Wildman–Crippen MR) is 92.8 cm³/mol. The van der Waals surface area contributed by atoms with Gasteiger partial charge in [-0.1, -0.05) is 0 Å². The number of aryl methyl sites for hydroxylation is 1. The Hall–Kier alpha value is -2.80. The van der Waals surface area contributed by atoms with E-state index in [0.717, 1.165) is 0 Å². The molecule has 0 aliphatic carbocycles. The van der Waals surface area contributed by atoms with Gasteiger partial charge < -0.3 is 24.9 Å². The second kappa shape index (κ2) is 7.85. The van der Waals surface area contributed by atoms with Crippen molar-refractivity contribution in [2.75, 3.05) is 19.0 Å². The number of hydrogen-bond acceptors (Lipinski definition) is 5. The summed E-state index contributed by atoms with van der Waals surface area (Å²) < 4.78 is 10.1. The molecule has 0 aliphatic heterocycles. The van der Waals surface area contributed by atoms with Gasteiger partial charge in [0.05, 0.1) is 13.2 Å². The summed E-state index contributed by atoms with van der Waals surface area (Å²) in [6, 6.07) is 6.80. The Bertz CT molecular complexity index is 763. The molecule has 7 heteroatoms. The minimum atomic E-state index is -0.698. The zero-order valence-electron chi connectivity index (χ0n) is 14.7. The Morgan fingerprint density at radius 3 is 2.40 bits per heavy atom. The molecule has 0 unspecified atom stereocenters. The number of carbonyl (C=O) groups is 2. The van der Waals surface area contributed by atoms with Crippen LogP contribution in [0.1, 0.15) is 40.3 Å². The highest BCUT2D eigenvalue weighted by Gasteiger charge is 2.21. The first-order chi connectivity index (χ1) is 11.8. The molecule has 1 amide bonds. The van der Waals surface area contributed by atoms with Crippen molar-refractivity contribution in [1.29, 1.82) is 0 Å². The normalized spacial score (nSPS) is 11.7. The van der Waals surface area contributed by atoms with Crippen LogP contribution in [0, 0.1) is 13.8 Å². The number of aliphatic hydroxyl groups is 1. The molecule has 2 rings (SSSR count). The van der Waals surface area contributed by atoms with Gasteiger partial charge >= 0.3 is 5.97 Å². The largest absolute Gasteiger partial charge is 0.497 e. The predicted octanol–water partition coefficient (Wildman–Crippen LogP) is 2.49. The third-order valence-corrected chi connectivity index (χ3v) is 3.83. The molecule has 3 N–H and O–H groups in total. The van der Waals surface area contributed by atoms with Crippen LogP contribution in [0.3, 0.4) is 0 Å². The first kappa shape index (κ1) is 18.5. The number of aliphatic hydroxyl groups excluding tert-OH is 1. The lowest BCUT2D eigenvalue weighted by Gasteiger charge is -2.08. The van der Waals surface area contributed by atoms with Crippen molar-refractivity contribution in [3.05, 3.63) is 46.8 Å². The molecule has 1 heterocycles. The van der Waals surface area contributed by atoms with Crippen molar-refractivity contribution in [2.24, 2.45) is 0 Å². The molecule has 25 heavy (non-hydrogen) atoms. The second-order valence-corrected chi connectivity index (χ2v) is 5.69. The van der Waals surface area contributed by atoms with Gasteiger partial charge in [-0.05, 0) is 50.6 Å². The molecule has 7 nitrogen and oxygen atoms in total. The Kier molecular flexibility index (Phi) is 5.82. The number of nitrogens with one attached hydrogen (secondary N) is 2. The van der Waals surface area contributed by atoms with E-state index in [4.69, 9.17) is 9.47 Å². The van der Waals surface area contributed by atoms with Crippen molar-refractivity contribution < 1.29 is 24.2 Å². The Morgan fingerprint density at radius 2 is 1.88 bits per heavy atom. The lowest BCUT2D eigenvalue weighted by Crippen LogP contribution is -2.21. The molecule has 0 spiro atoms. The highest BCUT2D eigenvalue weighted by atomic mass is 16.5. The summed E-state index contributed by atoms with van der Waals surface area (Å²) in [7, 11) is 1.56. The molecule has 0 radical (unpaired) electrons. The quantitative estimate of drug-likeness (QED) is 0.698. The van der Waals surface area contributed by atoms with Crippen LogP contribution in [-0.2, 0) is 9.53 Å². The van der Waals surface area contributed by atoms with Crippen molar-refractivity contribution in [1.82, 2.24) is 4.98 Å². The third-order valence-electron chi connectivity index (χ3n) is 3.83. The van der Waals surface area contributed by atoms with E-state index in [2.05, 4.69) is 10.3 Å². The summed E-state index contributed by atoms with van der Waals surface area (Å²) in [5.41, 5.74) is 2.79. The summed E-state index contributed by atoms with van der Waals surface area (Å²) >= 11 is 0. The molecular weight excluding hydrogens is 324 g/mol. The number of aromatic nitrogens is 1. The lowest BCUT2D eigenvalue weighted by molar-refractivity contribution is -0.119. The Morgan fingerprint density at radius 1 is 1.24 bits per heavy atom. The van der Waals surface area contributed by atoms with E-state index in [0.29, 0.717) is 28.3 Å². The number of aromatic amines is 1. The average Bonchev–Trinajstić information content (AvgIpc) is 2.88. The van der Waals surface area contributed by atoms with Crippen LogP contribution in [0.15, 0.2) is 24.3 Å². The van der Waals surface area contributed by atoms with Crippen LogP contribution in [0.4, 0.5) is 5.69 Å². The maximum Gasteiger partial charge on any atom is 0.355 e. The zero-order chi connectivity index (χ0) is 18.6. The Balaban J connectivity index is 1.95. The number of carbonyl (C=O) groups excluding carboxylic acids is 2. The van der Waals surface area contributed by atoms with Gasteiger partial charge in [0, 0.05) is 16.9 Å². The SMILES string of the molecule is COc1ccc(NC(=O)COC(=O)c2[nH]c(C)c([C@@H](C)O)c2C)cc1. The van der Waals surface area contributed by atoms with Gasteiger partial charge in [0.15, 0.2) is 6.61 Å². The molecule has 1 aromatic carbocycles. The number of hydrogen-bond donors (Lipinski definition) is 3. The van der Waals surface area contributed by atoms with Crippen LogP contribution < -0.4 is 10.1 Å². The molecule has 134 valence electrons. The van der Waals surface area contributed by atoms with E-state index in [9.17, 15) is 14.7 Å². The molecule has 0 fully saturated rings. The fourth-order valence-corrected chi connectivity index (χ4v) is 2.67. The average molecular weight is 346 g/mol. The van der Waals surface area contributed by atoms with Crippen molar-refractivity contribution in [3.63, 3.8) is 0 Å². The van der Waals surface area contributed by atoms with E-state index >= 15 is 0 Å². The van der Waals surface area contributed by atoms with E-state index in [1.165, 1.54) is 0 Å². The maximum absolute atomic E-state index is 12.2. The van der Waals surface area contributed by atoms with Gasteiger partial charge in [0.25, 0.3) is 5.91 Å². The molecule has 0 aliphatic rings. The smallest absolute Gasteiger partial charge is 0.355 e. The highest BCUT2D eigenvalue weighted by Crippen LogP contribution is 2.24. The summed E-state index contributed by atoms with van der Waals surface area (Å²) in [5.74, 6) is -0.413. The number of benzene rings is 1. The number of rotatable bonds is 6. The number of esters is 1. The second-order valence-electron chi connectivity index (χ2n) is 5.69. The molecule has 1 aromatic heterocycles. The van der Waals surface area contributed by atoms with Crippen LogP contribution in [0.5, 0.6) is 5.75 Å². The number of methoxy groups -OCH3 is 1. The molecule has 2 aromatic rings. The van der Waals surface area contributed by atoms with E-state index < -0.39 is 24.6 Å². The minimum absolute atomic E-state index is 0.241. The fourth-order valence-electron chi connectivity index (χ4n) is 2.67. The topological polar surface area (TPSA) is 101 Å². The Labute approximate surface area is 146 Å². The molecule has 0 saturated heterocycles. The summed E-state index contributed by atoms with van der Waals surface area (Å²) in [5, 5.41) is 12.4. The van der Waals surface area contributed by atoms with Gasteiger partial charge in [-0.25, -0.2) is 4.79 Å². The minimum Gasteiger partial charge on any atom is -0.497 e. The van der Waals surface area contributed by atoms with Crippen molar-refractivity contribution >= 4 is 17.6 Å². The highest BCUT2D eigenvalue weighted by molar-refractivity contribution is 5.95. The first-order valence-electron chi connectivity index (χ1n) is 7.81. The molecule has 0 saturated carbocycles. The number of amides is 1. The maximum atomic E-state index is 12.2.